The molecule has 1 aromatic carbocycles. The molecule has 0 aliphatic rings. The Bertz CT molecular complexity index is 376. The summed E-state index contributed by atoms with van der Waals surface area (Å²) in [5.41, 5.74) is 1.88. The van der Waals surface area contributed by atoms with Crippen LogP contribution in [-0.4, -0.2) is 24.5 Å². The number of halogens is 1. The van der Waals surface area contributed by atoms with Gasteiger partial charge in [0.15, 0.2) is 5.78 Å². The quantitative estimate of drug-likeness (QED) is 0.829. The molecule has 0 atom stereocenters. The highest BCUT2D eigenvalue weighted by Crippen LogP contribution is 2.31. The van der Waals surface area contributed by atoms with E-state index in [1.165, 1.54) is 0 Å². The molecule has 1 rings (SSSR count). The number of hydrogen-bond acceptors (Lipinski definition) is 3. The summed E-state index contributed by atoms with van der Waals surface area (Å²) in [4.78, 5) is 11.7. The number of carbonyl (C=O) groups excluding carboxylic acids is 1. The second-order valence-corrected chi connectivity index (χ2v) is 4.33. The Morgan fingerprint density at radius 3 is 2.67 bits per heavy atom. The molecule has 82 valence electrons. The summed E-state index contributed by atoms with van der Waals surface area (Å²) in [6, 6.07) is 1.81. The molecule has 0 heterocycles. The average Bonchev–Trinajstić information content (AvgIpc) is 2.16. The SMILES string of the molecule is CNCC(=O)c1c(C)c(Br)cc(C)c1O. The number of ketones is 1. The van der Waals surface area contributed by atoms with Gasteiger partial charge in [0.1, 0.15) is 5.75 Å². The predicted octanol–water partition coefficient (Wildman–Crippen LogP) is 2.17. The smallest absolute Gasteiger partial charge is 0.180 e. The van der Waals surface area contributed by atoms with Crippen LogP contribution in [0, 0.1) is 13.8 Å². The molecular formula is C11H14BrNO2. The summed E-state index contributed by atoms with van der Waals surface area (Å²) >= 11 is 3.37. The molecule has 0 fully saturated rings. The van der Waals surface area contributed by atoms with Crippen LogP contribution < -0.4 is 5.32 Å². The van der Waals surface area contributed by atoms with Crippen LogP contribution >= 0.6 is 15.9 Å². The first-order valence-corrected chi connectivity index (χ1v) is 5.44. The highest BCUT2D eigenvalue weighted by molar-refractivity contribution is 9.10. The minimum atomic E-state index is -0.100. The number of phenols is 1. The Kier molecular flexibility index (Phi) is 3.88. The van der Waals surface area contributed by atoms with Crippen LogP contribution in [0.1, 0.15) is 21.5 Å². The number of carbonyl (C=O) groups is 1. The molecule has 2 N–H and O–H groups in total. The van der Waals surface area contributed by atoms with Gasteiger partial charge in [-0.15, -0.1) is 0 Å². The third-order valence-corrected chi connectivity index (χ3v) is 3.13. The van der Waals surface area contributed by atoms with Crippen LogP contribution in [-0.2, 0) is 0 Å². The molecule has 0 bridgehead atoms. The number of rotatable bonds is 3. The lowest BCUT2D eigenvalue weighted by molar-refractivity contribution is 0.0990. The van der Waals surface area contributed by atoms with Crippen LogP contribution in [0.5, 0.6) is 5.75 Å². The second kappa shape index (κ2) is 4.77. The van der Waals surface area contributed by atoms with E-state index in [1.54, 1.807) is 20.0 Å². The number of nitrogens with one attached hydrogen (secondary N) is 1. The third-order valence-electron chi connectivity index (χ3n) is 2.30. The van der Waals surface area contributed by atoms with E-state index >= 15 is 0 Å². The maximum absolute atomic E-state index is 11.7. The van der Waals surface area contributed by atoms with Crippen molar-refractivity contribution in [2.24, 2.45) is 0 Å². The van der Waals surface area contributed by atoms with Crippen molar-refractivity contribution in [3.8, 4) is 5.75 Å². The Labute approximate surface area is 97.6 Å². The molecule has 0 aliphatic carbocycles. The van der Waals surface area contributed by atoms with Crippen molar-refractivity contribution in [1.82, 2.24) is 5.32 Å². The molecule has 0 spiro atoms. The number of aryl methyl sites for hydroxylation is 1. The lowest BCUT2D eigenvalue weighted by Crippen LogP contribution is -2.19. The van der Waals surface area contributed by atoms with Crippen molar-refractivity contribution < 1.29 is 9.90 Å². The molecule has 3 nitrogen and oxygen atoms in total. The summed E-state index contributed by atoms with van der Waals surface area (Å²) in [5.74, 6) is -0.0205. The van der Waals surface area contributed by atoms with Gasteiger partial charge in [0.25, 0.3) is 0 Å². The van der Waals surface area contributed by atoms with E-state index in [0.29, 0.717) is 11.1 Å². The Hall–Kier alpha value is -0.870. The van der Waals surface area contributed by atoms with Crippen molar-refractivity contribution >= 4 is 21.7 Å². The van der Waals surface area contributed by atoms with Crippen molar-refractivity contribution in [2.45, 2.75) is 13.8 Å². The fraction of sp³-hybridized carbons (Fsp3) is 0.364. The molecule has 0 aliphatic heterocycles. The second-order valence-electron chi connectivity index (χ2n) is 3.48. The lowest BCUT2D eigenvalue weighted by Gasteiger charge is -2.11. The first kappa shape index (κ1) is 12.2. The highest BCUT2D eigenvalue weighted by Gasteiger charge is 2.17. The number of Topliss-reactive ketones (excluding diaryl/α,β-unsaturated/α-hetero) is 1. The van der Waals surface area contributed by atoms with Crippen molar-refractivity contribution in [1.29, 1.82) is 0 Å². The number of aromatic hydroxyl groups is 1. The Morgan fingerprint density at radius 2 is 2.13 bits per heavy atom. The van der Waals surface area contributed by atoms with Crippen LogP contribution in [0.15, 0.2) is 10.5 Å². The summed E-state index contributed by atoms with van der Waals surface area (Å²) in [5, 5.41) is 12.6. The number of likely N-dealkylation sites (N-methyl/N-ethyl adjacent to an activating group) is 1. The maximum Gasteiger partial charge on any atom is 0.180 e. The maximum atomic E-state index is 11.7. The van der Waals surface area contributed by atoms with Crippen molar-refractivity contribution in [3.05, 3.63) is 27.2 Å². The van der Waals surface area contributed by atoms with Gasteiger partial charge in [0.2, 0.25) is 0 Å². The molecule has 0 amide bonds. The molecular weight excluding hydrogens is 258 g/mol. The standard InChI is InChI=1S/C11H14BrNO2/c1-6-4-8(12)7(2)10(11(6)15)9(14)5-13-3/h4,13,15H,5H2,1-3H3. The fourth-order valence-electron chi connectivity index (χ4n) is 1.45. The Morgan fingerprint density at radius 1 is 1.53 bits per heavy atom. The van der Waals surface area contributed by atoms with Gasteiger partial charge in [-0.1, -0.05) is 15.9 Å². The number of benzene rings is 1. The summed E-state index contributed by atoms with van der Waals surface area (Å²) in [6.07, 6.45) is 0. The lowest BCUT2D eigenvalue weighted by atomic mass is 10.00. The number of phenolic OH excluding ortho intramolecular Hbond substituents is 1. The van der Waals surface area contributed by atoms with Crippen molar-refractivity contribution in [3.63, 3.8) is 0 Å². The van der Waals surface area contributed by atoms with E-state index in [9.17, 15) is 9.90 Å². The van der Waals surface area contributed by atoms with Crippen LogP contribution in [0.3, 0.4) is 0 Å². The normalized spacial score (nSPS) is 10.4. The van der Waals surface area contributed by atoms with Gasteiger partial charge >= 0.3 is 0 Å². The van der Waals surface area contributed by atoms with E-state index in [-0.39, 0.29) is 18.1 Å². The van der Waals surface area contributed by atoms with Gasteiger partial charge in [-0.3, -0.25) is 4.79 Å². The third kappa shape index (κ3) is 2.38. The molecule has 4 heteroatoms. The fourth-order valence-corrected chi connectivity index (χ4v) is 1.99. The van der Waals surface area contributed by atoms with E-state index in [2.05, 4.69) is 21.2 Å². The molecule has 0 aromatic heterocycles. The van der Waals surface area contributed by atoms with Crippen molar-refractivity contribution in [2.75, 3.05) is 13.6 Å². The van der Waals surface area contributed by atoms with E-state index in [4.69, 9.17) is 0 Å². The predicted molar refractivity (Wildman–Crippen MR) is 63.5 cm³/mol. The van der Waals surface area contributed by atoms with Gasteiger partial charge in [0, 0.05) is 4.47 Å². The largest absolute Gasteiger partial charge is 0.507 e. The molecule has 0 radical (unpaired) electrons. The molecule has 0 saturated heterocycles. The van der Waals surface area contributed by atoms with E-state index in [0.717, 1.165) is 10.0 Å². The van der Waals surface area contributed by atoms with Gasteiger partial charge in [0.05, 0.1) is 12.1 Å². The van der Waals surface area contributed by atoms with Crippen LogP contribution in [0.25, 0.3) is 0 Å². The monoisotopic (exact) mass is 271 g/mol. The molecule has 0 saturated carbocycles. The van der Waals surface area contributed by atoms with E-state index in [1.807, 2.05) is 6.92 Å². The zero-order valence-corrected chi connectivity index (χ0v) is 10.6. The van der Waals surface area contributed by atoms with Gasteiger partial charge in [-0.2, -0.15) is 0 Å². The van der Waals surface area contributed by atoms with E-state index < -0.39 is 0 Å². The first-order valence-electron chi connectivity index (χ1n) is 4.65. The van der Waals surface area contributed by atoms with Gasteiger partial charge < -0.3 is 10.4 Å². The van der Waals surface area contributed by atoms with Crippen LogP contribution in [0.4, 0.5) is 0 Å². The summed E-state index contributed by atoms with van der Waals surface area (Å²) < 4.78 is 0.845. The summed E-state index contributed by atoms with van der Waals surface area (Å²) in [7, 11) is 1.70. The topological polar surface area (TPSA) is 49.3 Å². The first-order chi connectivity index (χ1) is 6.99. The van der Waals surface area contributed by atoms with Gasteiger partial charge in [-0.05, 0) is 38.1 Å². The van der Waals surface area contributed by atoms with Crippen LogP contribution in [0.2, 0.25) is 0 Å². The van der Waals surface area contributed by atoms with Gasteiger partial charge in [-0.25, -0.2) is 0 Å². The zero-order chi connectivity index (χ0) is 11.6. The number of hydrogen-bond donors (Lipinski definition) is 2. The molecule has 1 aromatic rings. The summed E-state index contributed by atoms with van der Waals surface area (Å²) in [6.45, 7) is 3.81. The molecule has 0 unspecified atom stereocenters. The Balaban J connectivity index is 3.32. The average molecular weight is 272 g/mol. The zero-order valence-electron chi connectivity index (χ0n) is 9.02. The minimum Gasteiger partial charge on any atom is -0.507 e. The molecule has 15 heavy (non-hydrogen) atoms. The highest BCUT2D eigenvalue weighted by atomic mass is 79.9. The minimum absolute atomic E-state index is 0.0796.